The van der Waals surface area contributed by atoms with Crippen molar-refractivity contribution in [3.8, 4) is 0 Å². The van der Waals surface area contributed by atoms with E-state index >= 15 is 0 Å². The van der Waals surface area contributed by atoms with Crippen LogP contribution in [0.15, 0.2) is 24.3 Å². The highest BCUT2D eigenvalue weighted by Gasteiger charge is 2.87. The maximum atomic E-state index is 13.5. The Balaban J connectivity index is 1.16. The van der Waals surface area contributed by atoms with E-state index in [2.05, 4.69) is 43.4 Å². The predicted molar refractivity (Wildman–Crippen MR) is 166 cm³/mol. The zero-order valence-electron chi connectivity index (χ0n) is 24.8. The quantitative estimate of drug-likeness (QED) is 0.337. The number of Topliss-reactive ketones (excluding diaryl/α,β-unsaturated/α-hetero) is 1. The lowest BCUT2D eigenvalue weighted by Gasteiger charge is -2.61. The van der Waals surface area contributed by atoms with Crippen molar-refractivity contribution in [3.05, 3.63) is 29.8 Å². The van der Waals surface area contributed by atoms with Crippen molar-refractivity contribution in [1.82, 2.24) is 0 Å². The summed E-state index contributed by atoms with van der Waals surface area (Å²) in [7, 11) is 5.75. The van der Waals surface area contributed by atoms with Gasteiger partial charge in [-0.25, -0.2) is 0 Å². The van der Waals surface area contributed by atoms with Gasteiger partial charge in [0, 0.05) is 35.6 Å². The highest BCUT2D eigenvalue weighted by Crippen LogP contribution is 2.86. The molecule has 5 nitrogen and oxygen atoms in total. The van der Waals surface area contributed by atoms with Gasteiger partial charge in [-0.1, -0.05) is 47.6 Å². The number of rotatable bonds is 1. The van der Waals surface area contributed by atoms with Crippen LogP contribution in [0.2, 0.25) is 0 Å². The van der Waals surface area contributed by atoms with Crippen molar-refractivity contribution in [2.75, 3.05) is 18.2 Å². The van der Waals surface area contributed by atoms with Crippen LogP contribution in [0.25, 0.3) is 0 Å². The van der Waals surface area contributed by atoms with Gasteiger partial charge in [0.2, 0.25) is 0 Å². The fraction of sp³-hybridized carbons (Fsp3) is 0.794. The Labute approximate surface area is 253 Å². The molecule has 13 atom stereocenters. The lowest BCUT2D eigenvalue weighted by molar-refractivity contribution is -0.221. The fourth-order valence-electron chi connectivity index (χ4n) is 12.6. The second-order valence-corrected chi connectivity index (χ2v) is 18.0. The van der Waals surface area contributed by atoms with Crippen molar-refractivity contribution in [2.24, 2.45) is 45.8 Å². The normalized spacial score (nSPS) is 53.7. The molecule has 0 amide bonds. The molecule has 6 aliphatic carbocycles. The monoisotopic (exact) mass is 597 g/mol. The Kier molecular flexibility index (Phi) is 6.36. The van der Waals surface area contributed by atoms with Crippen molar-refractivity contribution >= 4 is 33.1 Å². The molecular formula is C34H47NO4S2. The van der Waals surface area contributed by atoms with Crippen molar-refractivity contribution in [3.63, 3.8) is 0 Å². The predicted octanol–water partition coefficient (Wildman–Crippen LogP) is 6.12. The van der Waals surface area contributed by atoms with Gasteiger partial charge in [0.25, 0.3) is 0 Å². The summed E-state index contributed by atoms with van der Waals surface area (Å²) in [4.78, 5) is 13.5. The van der Waals surface area contributed by atoms with Gasteiger partial charge in [0.05, 0.1) is 24.2 Å². The number of carbonyl (C=O) groups excluding carboxylic acids is 1. The van der Waals surface area contributed by atoms with Crippen LogP contribution < -0.4 is 5.32 Å². The zero-order chi connectivity index (χ0) is 28.4. The molecule has 224 valence electrons. The number of aliphatic hydroxyl groups is 2. The first-order valence-electron chi connectivity index (χ1n) is 16.3. The van der Waals surface area contributed by atoms with E-state index in [4.69, 9.17) is 4.74 Å². The molecule has 0 radical (unpaired) electrons. The molecule has 7 heteroatoms. The number of hydrogen-bond donors (Lipinski definition) is 3. The Morgan fingerprint density at radius 1 is 1.07 bits per heavy atom. The molecule has 1 heterocycles. The summed E-state index contributed by atoms with van der Waals surface area (Å²) in [5.74, 6) is 3.09. The van der Waals surface area contributed by atoms with E-state index in [9.17, 15) is 15.0 Å². The van der Waals surface area contributed by atoms with Crippen LogP contribution >= 0.6 is 21.6 Å². The third kappa shape index (κ3) is 3.42. The average Bonchev–Trinajstić information content (AvgIpc) is 3.53. The first kappa shape index (κ1) is 27.8. The molecule has 1 aromatic rings. The Bertz CT molecular complexity index is 1240. The van der Waals surface area contributed by atoms with Gasteiger partial charge in [-0.2, -0.15) is 0 Å². The fourth-order valence-corrected chi connectivity index (χ4v) is 16.0. The van der Waals surface area contributed by atoms with Crippen LogP contribution in [0.1, 0.15) is 77.2 Å². The van der Waals surface area contributed by atoms with Gasteiger partial charge in [0.1, 0.15) is 11.4 Å². The summed E-state index contributed by atoms with van der Waals surface area (Å²) in [5, 5.41) is 27.7. The molecule has 41 heavy (non-hydrogen) atoms. The summed E-state index contributed by atoms with van der Waals surface area (Å²) in [5.41, 5.74) is 1.30. The summed E-state index contributed by atoms with van der Waals surface area (Å²) in [6, 6.07) is 9.09. The van der Waals surface area contributed by atoms with E-state index in [0.29, 0.717) is 29.4 Å². The highest BCUT2D eigenvalue weighted by molar-refractivity contribution is 8.77. The van der Waals surface area contributed by atoms with Gasteiger partial charge in [-0.3, -0.25) is 4.79 Å². The molecule has 0 aromatic heterocycles. The van der Waals surface area contributed by atoms with Crippen LogP contribution in [-0.2, 0) is 16.0 Å². The minimum absolute atomic E-state index is 0.0596. The topological polar surface area (TPSA) is 78.8 Å². The van der Waals surface area contributed by atoms with Crippen molar-refractivity contribution < 1.29 is 19.7 Å². The number of anilines is 1. The second kappa shape index (κ2) is 9.39. The number of fused-ring (bicyclic) bond motifs is 6. The largest absolute Gasteiger partial charge is 0.391 e. The van der Waals surface area contributed by atoms with Crippen molar-refractivity contribution in [2.45, 2.75) is 107 Å². The molecule has 6 fully saturated rings. The van der Waals surface area contributed by atoms with E-state index < -0.39 is 5.60 Å². The maximum absolute atomic E-state index is 13.5. The Hall–Kier alpha value is -0.730. The van der Waals surface area contributed by atoms with Gasteiger partial charge in [0.15, 0.2) is 0 Å². The van der Waals surface area contributed by atoms with Gasteiger partial charge >= 0.3 is 0 Å². The molecule has 3 N–H and O–H groups in total. The number of ketones is 1. The lowest BCUT2D eigenvalue weighted by Crippen LogP contribution is -2.63. The third-order valence-corrected chi connectivity index (χ3v) is 17.5. The summed E-state index contributed by atoms with van der Waals surface area (Å²) in [6.45, 7) is 4.89. The Morgan fingerprint density at radius 3 is 2.73 bits per heavy atom. The molecule has 8 rings (SSSR count). The number of nitrogens with one attached hydrogen (secondary N) is 1. The molecule has 1 aromatic carbocycles. The Morgan fingerprint density at radius 2 is 1.90 bits per heavy atom. The van der Waals surface area contributed by atoms with Gasteiger partial charge < -0.3 is 20.3 Å². The van der Waals surface area contributed by atoms with Crippen LogP contribution in [0.5, 0.6) is 0 Å². The number of ether oxygens (including phenoxy) is 1. The number of hydrogen-bond acceptors (Lipinski definition) is 7. The van der Waals surface area contributed by atoms with Crippen LogP contribution in [0.4, 0.5) is 5.69 Å². The first-order chi connectivity index (χ1) is 19.7. The smallest absolute Gasteiger partial charge is 0.141 e. The van der Waals surface area contributed by atoms with Crippen molar-refractivity contribution in [1.29, 1.82) is 0 Å². The number of carbonyl (C=O) groups is 1. The highest BCUT2D eigenvalue weighted by atomic mass is 33.1. The average molecular weight is 598 g/mol. The molecule has 6 bridgehead atoms. The molecule has 7 aliphatic rings. The number of benzene rings is 1. The summed E-state index contributed by atoms with van der Waals surface area (Å²) >= 11 is 0. The minimum Gasteiger partial charge on any atom is -0.391 e. The summed E-state index contributed by atoms with van der Waals surface area (Å²) < 4.78 is 5.93. The van der Waals surface area contributed by atoms with Gasteiger partial charge in [-0.15, -0.1) is 0 Å². The van der Waals surface area contributed by atoms with E-state index in [1.54, 1.807) is 7.11 Å². The van der Waals surface area contributed by atoms with E-state index in [1.807, 2.05) is 21.6 Å². The van der Waals surface area contributed by atoms with E-state index in [0.717, 1.165) is 43.5 Å². The molecule has 0 unspecified atom stereocenters. The minimum atomic E-state index is -1.04. The molecule has 6 saturated carbocycles. The number of aliphatic hydroxyl groups excluding tert-OH is 1. The van der Waals surface area contributed by atoms with Crippen LogP contribution in [0.3, 0.4) is 0 Å². The first-order valence-corrected chi connectivity index (χ1v) is 18.6. The van der Waals surface area contributed by atoms with Gasteiger partial charge in [-0.05, 0) is 110 Å². The SMILES string of the molecule is CO[C@H]1CC(=O)[C@@H]2[C@@H]3C[C@@H]4CC[C@@]5(C[C@H]6Cc7cccc(c7)N[C@@H]7[C@H](O)CCC[C@@H]7SSC[C@H]6C5)[C@]3(C)[C@@]4(C)[C@@]12O. The molecular weight excluding hydrogens is 551 g/mol. The zero-order valence-corrected chi connectivity index (χ0v) is 26.4. The molecule has 0 saturated heterocycles. The summed E-state index contributed by atoms with van der Waals surface area (Å²) in [6.07, 6.45) is 9.83. The standard InChI is InChI=1S/C34H47NO4S2/c1-31-22-10-11-33(32(31,2)24(14-22)29-26(37)15-28(39-3)34(29,31)38)16-20-12-19-6-4-7-23(13-19)35-30-25(36)8-5-9-27(30)41-40-18-21(20)17-33/h4,6-7,13,20-22,24-25,27-30,35-36,38H,5,8-12,14-18H2,1-3H3/t20-,21-,22+,24+,25-,27+,28+,29+,30-,31+,32+,33+,34-/m1/s1. The molecule has 1 aliphatic heterocycles. The van der Waals surface area contributed by atoms with Crippen LogP contribution in [-0.4, -0.2) is 58.0 Å². The van der Waals surface area contributed by atoms with E-state index in [-0.39, 0.29) is 52.1 Å². The maximum Gasteiger partial charge on any atom is 0.141 e. The lowest BCUT2D eigenvalue weighted by atomic mass is 9.44. The second-order valence-electron chi connectivity index (χ2n) is 15.4. The number of methoxy groups -OCH3 is 1. The third-order valence-electron chi connectivity index (χ3n) is 14.5. The van der Waals surface area contributed by atoms with E-state index in [1.165, 1.54) is 31.2 Å². The van der Waals surface area contributed by atoms with Crippen LogP contribution in [0, 0.1) is 45.8 Å². The molecule has 1 spiro atoms.